The maximum absolute atomic E-state index is 13.0. The molecule has 0 unspecified atom stereocenters. The van der Waals surface area contributed by atoms with E-state index in [1.165, 1.54) is 6.42 Å². The Labute approximate surface area is 178 Å². The topological polar surface area (TPSA) is 59.5 Å². The summed E-state index contributed by atoms with van der Waals surface area (Å²) in [6, 6.07) is 17.0. The van der Waals surface area contributed by atoms with E-state index in [0.29, 0.717) is 11.5 Å². The summed E-state index contributed by atoms with van der Waals surface area (Å²) in [5.41, 5.74) is 2.73. The highest BCUT2D eigenvalue weighted by molar-refractivity contribution is 7.89. The molecule has 0 radical (unpaired) electrons. The van der Waals surface area contributed by atoms with Gasteiger partial charge in [0.15, 0.2) is 0 Å². The fraction of sp³-hybridized carbons (Fsp3) is 0.375. The number of benzene rings is 2. The highest BCUT2D eigenvalue weighted by Gasteiger charge is 2.28. The zero-order chi connectivity index (χ0) is 21.1. The predicted molar refractivity (Wildman–Crippen MR) is 119 cm³/mol. The van der Waals surface area contributed by atoms with Crippen molar-refractivity contribution in [3.8, 4) is 5.75 Å². The van der Waals surface area contributed by atoms with Crippen molar-refractivity contribution in [2.75, 3.05) is 7.05 Å². The fourth-order valence-corrected chi connectivity index (χ4v) is 5.53. The van der Waals surface area contributed by atoms with E-state index in [2.05, 4.69) is 4.98 Å². The third-order valence-electron chi connectivity index (χ3n) is 5.89. The van der Waals surface area contributed by atoms with Gasteiger partial charge < -0.3 is 4.74 Å². The standard InChI is InChI=1S/C24H28N2O3S/c1-18-16-24(22-10-6-7-11-23(22)25-18)29-17-19-12-14-21(15-13-19)30(27,28)26(2)20-8-4-3-5-9-20/h6-7,10-16,20H,3-5,8-9,17H2,1-2H3. The summed E-state index contributed by atoms with van der Waals surface area (Å²) in [5, 5.41) is 0.969. The molecule has 0 bridgehead atoms. The minimum atomic E-state index is -3.47. The summed E-state index contributed by atoms with van der Waals surface area (Å²) in [6.45, 7) is 2.31. The molecule has 1 aromatic heterocycles. The number of nitrogens with zero attached hydrogens (tertiary/aromatic N) is 2. The zero-order valence-corrected chi connectivity index (χ0v) is 18.4. The van der Waals surface area contributed by atoms with Gasteiger partial charge in [0, 0.05) is 30.2 Å². The number of hydrogen-bond acceptors (Lipinski definition) is 4. The highest BCUT2D eigenvalue weighted by Crippen LogP contribution is 2.28. The number of rotatable bonds is 6. The molecule has 1 aliphatic carbocycles. The number of pyridine rings is 1. The summed E-state index contributed by atoms with van der Waals surface area (Å²) in [7, 11) is -1.77. The molecule has 158 valence electrons. The molecule has 0 atom stereocenters. The third-order valence-corrected chi connectivity index (χ3v) is 7.81. The van der Waals surface area contributed by atoms with Gasteiger partial charge in [0.05, 0.1) is 10.4 Å². The molecule has 1 aliphatic rings. The van der Waals surface area contributed by atoms with Crippen LogP contribution in [0.15, 0.2) is 59.5 Å². The van der Waals surface area contributed by atoms with Crippen LogP contribution in [0.2, 0.25) is 0 Å². The van der Waals surface area contributed by atoms with E-state index in [0.717, 1.165) is 53.6 Å². The average Bonchev–Trinajstić information content (AvgIpc) is 2.77. The quantitative estimate of drug-likeness (QED) is 0.554. The lowest BCUT2D eigenvalue weighted by molar-refractivity contribution is 0.286. The minimum absolute atomic E-state index is 0.106. The van der Waals surface area contributed by atoms with E-state index < -0.39 is 10.0 Å². The molecule has 0 spiro atoms. The zero-order valence-electron chi connectivity index (χ0n) is 17.5. The summed E-state index contributed by atoms with van der Waals surface area (Å²) in [5.74, 6) is 0.784. The second-order valence-corrected chi connectivity index (χ2v) is 10.0. The van der Waals surface area contributed by atoms with E-state index in [1.54, 1.807) is 23.5 Å². The van der Waals surface area contributed by atoms with Crippen molar-refractivity contribution in [3.63, 3.8) is 0 Å². The average molecular weight is 425 g/mol. The summed E-state index contributed by atoms with van der Waals surface area (Å²) in [4.78, 5) is 4.87. The van der Waals surface area contributed by atoms with Crippen molar-refractivity contribution in [1.82, 2.24) is 9.29 Å². The Balaban J connectivity index is 1.48. The van der Waals surface area contributed by atoms with E-state index in [1.807, 2.05) is 49.4 Å². The monoisotopic (exact) mass is 424 g/mol. The summed E-state index contributed by atoms with van der Waals surface area (Å²) in [6.07, 6.45) is 5.29. The number of hydrogen-bond donors (Lipinski definition) is 0. The van der Waals surface area contributed by atoms with Crippen LogP contribution < -0.4 is 4.74 Å². The fourth-order valence-electron chi connectivity index (χ4n) is 4.11. The second kappa shape index (κ2) is 8.74. The third kappa shape index (κ3) is 4.35. The van der Waals surface area contributed by atoms with Crippen LogP contribution >= 0.6 is 0 Å². The molecule has 1 heterocycles. The SMILES string of the molecule is Cc1cc(OCc2ccc(S(=O)(=O)N(C)C3CCCCC3)cc2)c2ccccc2n1. The van der Waals surface area contributed by atoms with Crippen LogP contribution in [0.3, 0.4) is 0 Å². The Kier molecular flexibility index (Phi) is 6.06. The minimum Gasteiger partial charge on any atom is -0.488 e. The van der Waals surface area contributed by atoms with Gasteiger partial charge in [-0.05, 0) is 49.6 Å². The van der Waals surface area contributed by atoms with Gasteiger partial charge in [-0.3, -0.25) is 4.98 Å². The van der Waals surface area contributed by atoms with Crippen LogP contribution in [0.1, 0.15) is 43.4 Å². The molecule has 0 aliphatic heterocycles. The molecule has 3 aromatic rings. The van der Waals surface area contributed by atoms with Crippen LogP contribution in [-0.2, 0) is 16.6 Å². The Morgan fingerprint density at radius 1 is 1.03 bits per heavy atom. The van der Waals surface area contributed by atoms with Gasteiger partial charge in [0.2, 0.25) is 10.0 Å². The van der Waals surface area contributed by atoms with E-state index >= 15 is 0 Å². The Hall–Kier alpha value is -2.44. The summed E-state index contributed by atoms with van der Waals surface area (Å²) < 4.78 is 33.6. The number of ether oxygens (including phenoxy) is 1. The first-order valence-electron chi connectivity index (χ1n) is 10.5. The number of aromatic nitrogens is 1. The van der Waals surface area contributed by atoms with Gasteiger partial charge in [-0.15, -0.1) is 0 Å². The van der Waals surface area contributed by atoms with Crippen LogP contribution in [0.25, 0.3) is 10.9 Å². The molecule has 2 aromatic carbocycles. The number of fused-ring (bicyclic) bond motifs is 1. The first kappa shape index (κ1) is 20.8. The lowest BCUT2D eigenvalue weighted by Crippen LogP contribution is -2.38. The molecule has 0 saturated heterocycles. The lowest BCUT2D eigenvalue weighted by atomic mass is 9.96. The normalized spacial score (nSPS) is 15.6. The Bertz CT molecular complexity index is 1120. The molecule has 30 heavy (non-hydrogen) atoms. The van der Waals surface area contributed by atoms with Gasteiger partial charge in [0.1, 0.15) is 12.4 Å². The number of sulfonamides is 1. The Morgan fingerprint density at radius 2 is 1.73 bits per heavy atom. The van der Waals surface area contributed by atoms with Crippen LogP contribution in [0.5, 0.6) is 5.75 Å². The van der Waals surface area contributed by atoms with Gasteiger partial charge in [-0.2, -0.15) is 4.31 Å². The molecule has 4 rings (SSSR count). The van der Waals surface area contributed by atoms with Crippen LogP contribution in [-0.4, -0.2) is 30.8 Å². The van der Waals surface area contributed by atoms with E-state index in [-0.39, 0.29) is 6.04 Å². The van der Waals surface area contributed by atoms with Crippen molar-refractivity contribution in [2.24, 2.45) is 0 Å². The van der Waals surface area contributed by atoms with Crippen molar-refractivity contribution in [3.05, 3.63) is 65.9 Å². The molecule has 1 saturated carbocycles. The first-order valence-corrected chi connectivity index (χ1v) is 12.0. The van der Waals surface area contributed by atoms with Crippen molar-refractivity contribution >= 4 is 20.9 Å². The molecule has 5 nitrogen and oxygen atoms in total. The summed E-state index contributed by atoms with van der Waals surface area (Å²) >= 11 is 0. The number of aryl methyl sites for hydroxylation is 1. The number of para-hydroxylation sites is 1. The van der Waals surface area contributed by atoms with Crippen molar-refractivity contribution < 1.29 is 13.2 Å². The smallest absolute Gasteiger partial charge is 0.243 e. The largest absolute Gasteiger partial charge is 0.488 e. The maximum atomic E-state index is 13.0. The molecule has 6 heteroatoms. The molecule has 0 amide bonds. The maximum Gasteiger partial charge on any atom is 0.243 e. The molecular weight excluding hydrogens is 396 g/mol. The van der Waals surface area contributed by atoms with Gasteiger partial charge in [0.25, 0.3) is 0 Å². The second-order valence-electron chi connectivity index (χ2n) is 8.02. The van der Waals surface area contributed by atoms with E-state index in [4.69, 9.17) is 4.74 Å². The van der Waals surface area contributed by atoms with E-state index in [9.17, 15) is 8.42 Å². The first-order chi connectivity index (χ1) is 14.4. The van der Waals surface area contributed by atoms with Crippen LogP contribution in [0.4, 0.5) is 0 Å². The molecule has 1 fully saturated rings. The predicted octanol–water partition coefficient (Wildman–Crippen LogP) is 5.08. The van der Waals surface area contributed by atoms with Gasteiger partial charge in [-0.25, -0.2) is 8.42 Å². The van der Waals surface area contributed by atoms with Gasteiger partial charge >= 0.3 is 0 Å². The van der Waals surface area contributed by atoms with Crippen molar-refractivity contribution in [1.29, 1.82) is 0 Å². The van der Waals surface area contributed by atoms with Crippen LogP contribution in [0, 0.1) is 6.92 Å². The molecule has 0 N–H and O–H groups in total. The molecular formula is C24H28N2O3S. The van der Waals surface area contributed by atoms with Gasteiger partial charge in [-0.1, -0.05) is 43.5 Å². The Morgan fingerprint density at radius 3 is 2.47 bits per heavy atom. The highest BCUT2D eigenvalue weighted by atomic mass is 32.2. The lowest BCUT2D eigenvalue weighted by Gasteiger charge is -2.30. The van der Waals surface area contributed by atoms with Crippen molar-refractivity contribution in [2.45, 2.75) is 56.6 Å².